The maximum absolute atomic E-state index is 9.21. The lowest BCUT2D eigenvalue weighted by Crippen LogP contribution is -2.14. The van der Waals surface area contributed by atoms with Gasteiger partial charge in [-0.15, -0.1) is 0 Å². The molecule has 0 saturated heterocycles. The van der Waals surface area contributed by atoms with Crippen LogP contribution in [0.2, 0.25) is 5.02 Å². The Kier molecular flexibility index (Phi) is 6.20. The minimum atomic E-state index is -0.208. The van der Waals surface area contributed by atoms with E-state index in [1.54, 1.807) is 24.4 Å². The van der Waals surface area contributed by atoms with Crippen molar-refractivity contribution in [2.45, 2.75) is 18.9 Å². The van der Waals surface area contributed by atoms with Gasteiger partial charge in [-0.3, -0.25) is 4.98 Å². The van der Waals surface area contributed by atoms with Crippen molar-refractivity contribution in [1.82, 2.24) is 10.3 Å². The van der Waals surface area contributed by atoms with Gasteiger partial charge in [-0.05, 0) is 50.7 Å². The van der Waals surface area contributed by atoms with E-state index in [-0.39, 0.29) is 6.10 Å². The Labute approximate surface area is 135 Å². The minimum Gasteiger partial charge on any atom is -0.483 e. The van der Waals surface area contributed by atoms with Crippen LogP contribution in [-0.4, -0.2) is 18.6 Å². The number of aromatic nitrogens is 1. The number of nitrogens with zero attached hydrogens (tertiary/aromatic N) is 2. The lowest BCUT2D eigenvalue weighted by molar-refractivity contribution is 0.186. The molecule has 1 aromatic carbocycles. The fraction of sp³-hybridized carbons (Fsp3) is 0.294. The van der Waals surface area contributed by atoms with Gasteiger partial charge in [0.1, 0.15) is 17.9 Å². The molecule has 1 aromatic heterocycles. The third-order valence-electron chi connectivity index (χ3n) is 3.24. The van der Waals surface area contributed by atoms with E-state index in [4.69, 9.17) is 16.3 Å². The molecule has 0 aliphatic rings. The van der Waals surface area contributed by atoms with Crippen LogP contribution in [0.1, 0.15) is 30.2 Å². The molecule has 0 amide bonds. The first-order chi connectivity index (χ1) is 10.7. The molecule has 0 aliphatic carbocycles. The summed E-state index contributed by atoms with van der Waals surface area (Å²) in [5.74, 6) is 0.495. The largest absolute Gasteiger partial charge is 0.483 e. The first-order valence-electron chi connectivity index (χ1n) is 7.16. The van der Waals surface area contributed by atoms with Crippen LogP contribution in [0.25, 0.3) is 0 Å². The highest BCUT2D eigenvalue weighted by Crippen LogP contribution is 2.29. The molecule has 2 aromatic rings. The summed E-state index contributed by atoms with van der Waals surface area (Å²) in [5.41, 5.74) is 1.32. The van der Waals surface area contributed by atoms with Crippen molar-refractivity contribution in [1.29, 1.82) is 5.26 Å². The summed E-state index contributed by atoms with van der Waals surface area (Å²) in [4.78, 5) is 4.37. The summed E-state index contributed by atoms with van der Waals surface area (Å²) in [6, 6.07) is 12.9. The molecular formula is C17H18ClN3O. The smallest absolute Gasteiger partial charge is 0.141 e. The van der Waals surface area contributed by atoms with Crippen molar-refractivity contribution >= 4 is 11.6 Å². The zero-order valence-electron chi connectivity index (χ0n) is 12.4. The van der Waals surface area contributed by atoms with E-state index >= 15 is 0 Å². The summed E-state index contributed by atoms with van der Waals surface area (Å²) >= 11 is 6.02. The summed E-state index contributed by atoms with van der Waals surface area (Å²) in [5, 5.41) is 12.9. The molecule has 114 valence electrons. The second-order valence-electron chi connectivity index (χ2n) is 4.86. The van der Waals surface area contributed by atoms with Crippen molar-refractivity contribution in [2.24, 2.45) is 0 Å². The SMILES string of the molecule is CNCCCC(Oc1cc(Cl)ccc1C#N)c1ccccn1. The van der Waals surface area contributed by atoms with Crippen LogP contribution in [0.4, 0.5) is 0 Å². The Morgan fingerprint density at radius 2 is 2.23 bits per heavy atom. The molecule has 22 heavy (non-hydrogen) atoms. The van der Waals surface area contributed by atoms with Crippen molar-refractivity contribution in [3.63, 3.8) is 0 Å². The van der Waals surface area contributed by atoms with Gasteiger partial charge in [0, 0.05) is 17.3 Å². The Hall–Kier alpha value is -2.09. The molecule has 1 atom stereocenters. The zero-order chi connectivity index (χ0) is 15.8. The Morgan fingerprint density at radius 1 is 1.36 bits per heavy atom. The molecule has 2 rings (SSSR count). The number of rotatable bonds is 7. The highest BCUT2D eigenvalue weighted by molar-refractivity contribution is 6.30. The highest BCUT2D eigenvalue weighted by atomic mass is 35.5. The Bertz CT molecular complexity index is 640. The van der Waals surface area contributed by atoms with Crippen LogP contribution in [0.15, 0.2) is 42.6 Å². The first kappa shape index (κ1) is 16.3. The van der Waals surface area contributed by atoms with Gasteiger partial charge < -0.3 is 10.1 Å². The van der Waals surface area contributed by atoms with Crippen molar-refractivity contribution in [2.75, 3.05) is 13.6 Å². The molecule has 0 saturated carbocycles. The molecule has 1 heterocycles. The van der Waals surface area contributed by atoms with Gasteiger partial charge in [-0.25, -0.2) is 0 Å². The maximum atomic E-state index is 9.21. The lowest BCUT2D eigenvalue weighted by atomic mass is 10.1. The minimum absolute atomic E-state index is 0.208. The number of hydrogen-bond donors (Lipinski definition) is 1. The second-order valence-corrected chi connectivity index (χ2v) is 5.30. The van der Waals surface area contributed by atoms with Crippen molar-refractivity contribution in [3.05, 3.63) is 58.9 Å². The number of benzene rings is 1. The fourth-order valence-corrected chi connectivity index (χ4v) is 2.30. The summed E-state index contributed by atoms with van der Waals surface area (Å²) in [7, 11) is 1.92. The molecule has 0 fully saturated rings. The topological polar surface area (TPSA) is 57.9 Å². The predicted octanol–water partition coefficient (Wildman–Crippen LogP) is 3.73. The van der Waals surface area contributed by atoms with Crippen LogP contribution in [0.3, 0.4) is 0 Å². The third-order valence-corrected chi connectivity index (χ3v) is 3.48. The molecule has 4 nitrogen and oxygen atoms in total. The number of nitrogens with one attached hydrogen (secondary N) is 1. The van der Waals surface area contributed by atoms with E-state index < -0.39 is 0 Å². The van der Waals surface area contributed by atoms with E-state index in [2.05, 4.69) is 16.4 Å². The van der Waals surface area contributed by atoms with E-state index in [0.717, 1.165) is 25.1 Å². The number of ether oxygens (including phenoxy) is 1. The van der Waals surface area contributed by atoms with Gasteiger partial charge in [0.05, 0.1) is 11.3 Å². The molecule has 0 radical (unpaired) electrons. The average molecular weight is 316 g/mol. The second kappa shape index (κ2) is 8.38. The molecular weight excluding hydrogens is 298 g/mol. The van der Waals surface area contributed by atoms with Crippen LogP contribution in [0.5, 0.6) is 5.75 Å². The fourth-order valence-electron chi connectivity index (χ4n) is 2.14. The zero-order valence-corrected chi connectivity index (χ0v) is 13.2. The molecule has 1 N–H and O–H groups in total. The highest BCUT2D eigenvalue weighted by Gasteiger charge is 2.16. The Balaban J connectivity index is 2.23. The van der Waals surface area contributed by atoms with Gasteiger partial charge in [0.25, 0.3) is 0 Å². The third kappa shape index (κ3) is 4.45. The average Bonchev–Trinajstić information content (AvgIpc) is 2.55. The van der Waals surface area contributed by atoms with Gasteiger partial charge in [0.2, 0.25) is 0 Å². The van der Waals surface area contributed by atoms with Crippen LogP contribution < -0.4 is 10.1 Å². The van der Waals surface area contributed by atoms with Crippen molar-refractivity contribution < 1.29 is 4.74 Å². The number of pyridine rings is 1. The standard InChI is InChI=1S/C17H18ClN3O/c1-20-9-4-6-16(15-5-2-3-10-21-15)22-17-11-14(18)8-7-13(17)12-19/h2-3,5,7-8,10-11,16,20H,4,6,9H2,1H3. The van der Waals surface area contributed by atoms with Crippen LogP contribution >= 0.6 is 11.6 Å². The number of nitriles is 1. The number of hydrogen-bond acceptors (Lipinski definition) is 4. The van der Waals surface area contributed by atoms with Crippen LogP contribution in [-0.2, 0) is 0 Å². The summed E-state index contributed by atoms with van der Waals surface area (Å²) in [6.07, 6.45) is 3.28. The summed E-state index contributed by atoms with van der Waals surface area (Å²) in [6.45, 7) is 0.896. The maximum Gasteiger partial charge on any atom is 0.141 e. The normalized spacial score (nSPS) is 11.7. The summed E-state index contributed by atoms with van der Waals surface area (Å²) < 4.78 is 6.05. The molecule has 0 bridgehead atoms. The predicted molar refractivity (Wildman–Crippen MR) is 86.9 cm³/mol. The first-order valence-corrected chi connectivity index (χ1v) is 7.54. The van der Waals surface area contributed by atoms with Crippen molar-refractivity contribution in [3.8, 4) is 11.8 Å². The van der Waals surface area contributed by atoms with E-state index in [1.807, 2.05) is 25.2 Å². The Morgan fingerprint density at radius 3 is 2.91 bits per heavy atom. The van der Waals surface area contributed by atoms with Crippen LogP contribution in [0, 0.1) is 11.3 Å². The lowest BCUT2D eigenvalue weighted by Gasteiger charge is -2.19. The monoisotopic (exact) mass is 315 g/mol. The van der Waals surface area contributed by atoms with Gasteiger partial charge in [-0.1, -0.05) is 17.7 Å². The molecule has 0 aliphatic heterocycles. The molecule has 0 spiro atoms. The molecule has 1 unspecified atom stereocenters. The van der Waals surface area contributed by atoms with Gasteiger partial charge >= 0.3 is 0 Å². The van der Waals surface area contributed by atoms with E-state index in [0.29, 0.717) is 16.3 Å². The van der Waals surface area contributed by atoms with E-state index in [9.17, 15) is 5.26 Å². The van der Waals surface area contributed by atoms with Gasteiger partial charge in [0.15, 0.2) is 0 Å². The number of halogens is 1. The van der Waals surface area contributed by atoms with Gasteiger partial charge in [-0.2, -0.15) is 5.26 Å². The molecule has 5 heteroatoms. The quantitative estimate of drug-likeness (QED) is 0.791. The van der Waals surface area contributed by atoms with E-state index in [1.165, 1.54) is 0 Å².